The van der Waals surface area contributed by atoms with Crippen molar-refractivity contribution in [3.05, 3.63) is 112 Å². The monoisotopic (exact) mass is 756 g/mol. The zero-order valence-electron chi connectivity index (χ0n) is 30.1. The molecule has 14 heteroatoms. The number of aromatic carboxylic acids is 2. The molecular formula is C40H38F6N2O6. The average molecular weight is 757 g/mol. The number of carbonyl (C=O) groups is 4. The van der Waals surface area contributed by atoms with Crippen LogP contribution in [-0.2, 0) is 17.8 Å². The van der Waals surface area contributed by atoms with Crippen LogP contribution in [0.5, 0.6) is 0 Å². The number of hydrogen-bond donors (Lipinski definition) is 4. The third-order valence-electron chi connectivity index (χ3n) is 9.52. The second-order valence-electron chi connectivity index (χ2n) is 14.0. The molecule has 0 saturated heterocycles. The van der Waals surface area contributed by atoms with E-state index in [1.807, 2.05) is 6.92 Å². The Bertz CT molecular complexity index is 2140. The topological polar surface area (TPSA) is 133 Å². The molecule has 0 radical (unpaired) electrons. The van der Waals surface area contributed by atoms with Gasteiger partial charge >= 0.3 is 24.3 Å². The van der Waals surface area contributed by atoms with Crippen molar-refractivity contribution in [2.75, 3.05) is 5.32 Å². The number of carboxylic acid groups (broad SMARTS) is 2. The van der Waals surface area contributed by atoms with E-state index in [9.17, 15) is 55.7 Å². The van der Waals surface area contributed by atoms with Gasteiger partial charge in [0.2, 0.25) is 0 Å². The molecule has 0 heterocycles. The number of benzene rings is 4. The largest absolute Gasteiger partial charge is 0.478 e. The zero-order valence-corrected chi connectivity index (χ0v) is 30.1. The lowest BCUT2D eigenvalue weighted by atomic mass is 9.80. The van der Waals surface area contributed by atoms with Gasteiger partial charge in [0, 0.05) is 11.2 Å². The Kier molecular flexibility index (Phi) is 11.4. The Morgan fingerprint density at radius 3 is 1.48 bits per heavy atom. The van der Waals surface area contributed by atoms with E-state index in [0.29, 0.717) is 18.9 Å². The van der Waals surface area contributed by atoms with Crippen LogP contribution in [0.25, 0.3) is 22.3 Å². The summed E-state index contributed by atoms with van der Waals surface area (Å²) >= 11 is 0. The first-order valence-corrected chi connectivity index (χ1v) is 16.7. The molecule has 54 heavy (non-hydrogen) atoms. The van der Waals surface area contributed by atoms with E-state index in [2.05, 4.69) is 10.6 Å². The van der Waals surface area contributed by atoms with E-state index in [1.165, 1.54) is 30.3 Å². The Morgan fingerprint density at radius 2 is 1.04 bits per heavy atom. The Balaban J connectivity index is 1.80. The summed E-state index contributed by atoms with van der Waals surface area (Å²) in [5.41, 5.74) is -7.06. The number of nitrogens with one attached hydrogen (secondary N) is 2. The van der Waals surface area contributed by atoms with E-state index in [0.717, 1.165) is 36.4 Å². The predicted octanol–water partition coefficient (Wildman–Crippen LogP) is 10.3. The highest BCUT2D eigenvalue weighted by molar-refractivity contribution is 6.12. The minimum atomic E-state index is -5.18. The molecule has 286 valence electrons. The molecule has 8 nitrogen and oxygen atoms in total. The molecule has 0 aliphatic rings. The molecule has 4 aromatic rings. The van der Waals surface area contributed by atoms with Crippen molar-refractivity contribution in [1.29, 1.82) is 0 Å². The van der Waals surface area contributed by atoms with Gasteiger partial charge in [-0.05, 0) is 102 Å². The summed E-state index contributed by atoms with van der Waals surface area (Å²) < 4.78 is 86.3. The summed E-state index contributed by atoms with van der Waals surface area (Å²) in [6.07, 6.45) is -9.20. The second-order valence-corrected chi connectivity index (χ2v) is 14.0. The Hall–Kier alpha value is -5.66. The van der Waals surface area contributed by atoms with Gasteiger partial charge in [-0.3, -0.25) is 9.59 Å². The van der Waals surface area contributed by atoms with Crippen LogP contribution in [0.4, 0.5) is 32.0 Å². The molecule has 2 amide bonds. The Morgan fingerprint density at radius 1 is 0.574 bits per heavy atom. The van der Waals surface area contributed by atoms with Gasteiger partial charge in [-0.2, -0.15) is 26.3 Å². The fourth-order valence-electron chi connectivity index (χ4n) is 5.59. The standard InChI is InChI=1S/C40H38F6N2O6/c1-7-37(3,4)23-11-15-25(31(19-23)39(41,42)43)26-16-12-24(20-32(26)40(44,45)46)47-33(49)29-17-21(9-13-27(29)35(51)52)22-10-14-28(36(53)54)30(18-22)34(50)48-38(5,6)8-2/h9-20H,7-8H2,1-6H3,(H,47,49)(H,48,50)(H,51,52)(H,53,54). The summed E-state index contributed by atoms with van der Waals surface area (Å²) in [4.78, 5) is 50.7. The number of alkyl halides is 6. The smallest absolute Gasteiger partial charge is 0.417 e. The predicted molar refractivity (Wildman–Crippen MR) is 191 cm³/mol. The van der Waals surface area contributed by atoms with Crippen molar-refractivity contribution in [2.24, 2.45) is 0 Å². The van der Waals surface area contributed by atoms with E-state index in [-0.39, 0.29) is 27.8 Å². The van der Waals surface area contributed by atoms with Crippen LogP contribution < -0.4 is 10.6 Å². The van der Waals surface area contributed by atoms with Crippen molar-refractivity contribution in [2.45, 2.75) is 77.7 Å². The number of halogens is 6. The highest BCUT2D eigenvalue weighted by atomic mass is 19.4. The van der Waals surface area contributed by atoms with Crippen LogP contribution >= 0.6 is 0 Å². The van der Waals surface area contributed by atoms with Crippen molar-refractivity contribution in [3.8, 4) is 22.3 Å². The number of carbonyl (C=O) groups excluding carboxylic acids is 2. The van der Waals surface area contributed by atoms with Gasteiger partial charge in [-0.1, -0.05) is 58.0 Å². The number of amides is 2. The quantitative estimate of drug-likeness (QED) is 0.113. The van der Waals surface area contributed by atoms with Crippen LogP contribution in [0.1, 0.15) is 113 Å². The van der Waals surface area contributed by atoms with E-state index < -0.39 is 86.1 Å². The maximum Gasteiger partial charge on any atom is 0.417 e. The lowest BCUT2D eigenvalue weighted by Gasteiger charge is -2.26. The molecule has 0 aliphatic carbocycles. The lowest BCUT2D eigenvalue weighted by Crippen LogP contribution is -2.43. The lowest BCUT2D eigenvalue weighted by molar-refractivity contribution is -0.139. The first-order chi connectivity index (χ1) is 24.9. The van der Waals surface area contributed by atoms with Gasteiger partial charge in [0.05, 0.1) is 33.4 Å². The van der Waals surface area contributed by atoms with Gasteiger partial charge in [-0.25, -0.2) is 9.59 Å². The SMILES string of the molecule is CCC(C)(C)NC(=O)c1cc(-c2ccc(C(=O)O)c(C(=O)Nc3ccc(-c4ccc(C(C)(C)CC)cc4C(F)(F)F)c(C(F)(F)F)c3)c2)ccc1C(=O)O. The molecule has 0 spiro atoms. The fraction of sp³-hybridized carbons (Fsp3) is 0.300. The maximum absolute atomic E-state index is 14.5. The first-order valence-electron chi connectivity index (χ1n) is 16.7. The third-order valence-corrected chi connectivity index (χ3v) is 9.52. The highest BCUT2D eigenvalue weighted by Crippen LogP contribution is 2.45. The summed E-state index contributed by atoms with van der Waals surface area (Å²) in [5, 5.41) is 24.5. The normalized spacial score (nSPS) is 12.3. The van der Waals surface area contributed by atoms with Crippen molar-refractivity contribution < 1.29 is 55.7 Å². The molecule has 0 bridgehead atoms. The first kappa shape index (κ1) is 41.1. The summed E-state index contributed by atoms with van der Waals surface area (Å²) in [5.74, 6) is -4.82. The van der Waals surface area contributed by atoms with Gasteiger partial charge in [0.15, 0.2) is 0 Å². The maximum atomic E-state index is 14.5. The van der Waals surface area contributed by atoms with E-state index in [4.69, 9.17) is 0 Å². The van der Waals surface area contributed by atoms with Gasteiger partial charge < -0.3 is 20.8 Å². The minimum absolute atomic E-state index is 0.159. The average Bonchev–Trinajstić information content (AvgIpc) is 3.09. The number of carboxylic acids is 2. The fourth-order valence-corrected chi connectivity index (χ4v) is 5.59. The zero-order chi connectivity index (χ0) is 40.6. The van der Waals surface area contributed by atoms with E-state index in [1.54, 1.807) is 34.6 Å². The molecule has 0 aromatic heterocycles. The van der Waals surface area contributed by atoms with Crippen molar-refractivity contribution >= 4 is 29.4 Å². The second kappa shape index (κ2) is 15.0. The van der Waals surface area contributed by atoms with Crippen LogP contribution in [0, 0.1) is 0 Å². The number of rotatable bonds is 11. The molecule has 0 saturated carbocycles. The van der Waals surface area contributed by atoms with Crippen LogP contribution in [0.15, 0.2) is 72.8 Å². The Labute approximate surface area is 307 Å². The van der Waals surface area contributed by atoms with Crippen LogP contribution in [-0.4, -0.2) is 39.5 Å². The molecule has 4 aromatic carbocycles. The van der Waals surface area contributed by atoms with Gasteiger partial charge in [0.25, 0.3) is 11.8 Å². The van der Waals surface area contributed by atoms with Crippen LogP contribution in [0.3, 0.4) is 0 Å². The summed E-state index contributed by atoms with van der Waals surface area (Å²) in [6, 6.07) is 12.7. The third kappa shape index (κ3) is 8.92. The summed E-state index contributed by atoms with van der Waals surface area (Å²) in [7, 11) is 0. The van der Waals surface area contributed by atoms with Crippen molar-refractivity contribution in [1.82, 2.24) is 5.32 Å². The molecule has 4 N–H and O–H groups in total. The molecule has 0 aliphatic heterocycles. The van der Waals surface area contributed by atoms with Gasteiger partial charge in [-0.15, -0.1) is 0 Å². The summed E-state index contributed by atoms with van der Waals surface area (Å²) in [6.45, 7) is 10.5. The molecule has 0 fully saturated rings. The number of anilines is 1. The molecule has 4 rings (SSSR count). The number of hydrogen-bond acceptors (Lipinski definition) is 4. The minimum Gasteiger partial charge on any atom is -0.478 e. The van der Waals surface area contributed by atoms with Gasteiger partial charge in [0.1, 0.15) is 0 Å². The van der Waals surface area contributed by atoms with E-state index >= 15 is 0 Å². The van der Waals surface area contributed by atoms with Crippen molar-refractivity contribution in [3.63, 3.8) is 0 Å². The molecule has 0 atom stereocenters. The molecular weight excluding hydrogens is 718 g/mol. The van der Waals surface area contributed by atoms with Crippen LogP contribution in [0.2, 0.25) is 0 Å². The molecule has 0 unspecified atom stereocenters. The highest BCUT2D eigenvalue weighted by Gasteiger charge is 2.39.